The largest absolute Gasteiger partial charge is 0.466 e. The van der Waals surface area contributed by atoms with E-state index in [9.17, 15) is 9.59 Å². The third-order valence-corrected chi connectivity index (χ3v) is 5.29. The maximum absolute atomic E-state index is 12.3. The minimum atomic E-state index is -0.499. The predicted molar refractivity (Wildman–Crippen MR) is 101 cm³/mol. The number of nitrogens with zero attached hydrogens (tertiary/aromatic N) is 1. The molecule has 6 heteroatoms. The van der Waals surface area contributed by atoms with Crippen molar-refractivity contribution in [3.05, 3.63) is 41.1 Å². The van der Waals surface area contributed by atoms with Crippen molar-refractivity contribution in [2.45, 2.75) is 39.2 Å². The Morgan fingerprint density at radius 1 is 1.23 bits per heavy atom. The van der Waals surface area contributed by atoms with Crippen molar-refractivity contribution in [1.82, 2.24) is 10.6 Å². The molecular formula is C20H27N3O3. The van der Waals surface area contributed by atoms with Crippen LogP contribution in [0.3, 0.4) is 0 Å². The standard InChI is InChI=1S/C20H27N3O3/c1-4-16-17(19(24)26-3)18(22-20(25)21-16)14-5-7-15(8-6-14)23-11-9-13(2)10-12-23/h5-8,13,18H,4,9-12H2,1-3H3,(H2,21,22,25). The molecule has 2 heterocycles. The maximum atomic E-state index is 12.3. The van der Waals surface area contributed by atoms with Gasteiger partial charge in [-0.15, -0.1) is 0 Å². The first kappa shape index (κ1) is 18.3. The Labute approximate surface area is 154 Å². The van der Waals surface area contributed by atoms with Crippen LogP contribution < -0.4 is 15.5 Å². The van der Waals surface area contributed by atoms with Crippen molar-refractivity contribution < 1.29 is 14.3 Å². The summed E-state index contributed by atoms with van der Waals surface area (Å²) < 4.78 is 4.94. The van der Waals surface area contributed by atoms with Crippen LogP contribution in [0.4, 0.5) is 10.5 Å². The molecule has 1 saturated heterocycles. The molecule has 3 rings (SSSR count). The summed E-state index contributed by atoms with van der Waals surface area (Å²) in [5, 5.41) is 5.56. The van der Waals surface area contributed by atoms with Gasteiger partial charge < -0.3 is 20.3 Å². The Balaban J connectivity index is 1.86. The first-order valence-corrected chi connectivity index (χ1v) is 9.27. The van der Waals surface area contributed by atoms with Crippen LogP contribution in [-0.2, 0) is 9.53 Å². The number of amides is 2. The number of carbonyl (C=O) groups is 2. The highest BCUT2D eigenvalue weighted by Gasteiger charge is 2.32. The Hall–Kier alpha value is -2.50. The van der Waals surface area contributed by atoms with Gasteiger partial charge in [0.1, 0.15) is 0 Å². The van der Waals surface area contributed by atoms with Crippen LogP contribution in [0.1, 0.15) is 44.7 Å². The SMILES string of the molecule is CCC1=C(C(=O)OC)C(c2ccc(N3CCC(C)CC3)cc2)NC(=O)N1. The number of hydrogen-bond donors (Lipinski definition) is 2. The average molecular weight is 357 g/mol. The van der Waals surface area contributed by atoms with Gasteiger partial charge in [-0.25, -0.2) is 9.59 Å². The van der Waals surface area contributed by atoms with Crippen LogP contribution >= 0.6 is 0 Å². The molecule has 0 bridgehead atoms. The van der Waals surface area contributed by atoms with Gasteiger partial charge in [0.25, 0.3) is 0 Å². The fourth-order valence-electron chi connectivity index (χ4n) is 3.64. The van der Waals surface area contributed by atoms with E-state index in [2.05, 4.69) is 34.6 Å². The number of piperidine rings is 1. The molecule has 0 aromatic heterocycles. The van der Waals surface area contributed by atoms with Crippen molar-refractivity contribution >= 4 is 17.7 Å². The maximum Gasteiger partial charge on any atom is 0.337 e. The normalized spacial score (nSPS) is 21.3. The van der Waals surface area contributed by atoms with Gasteiger partial charge in [0.15, 0.2) is 0 Å². The lowest BCUT2D eigenvalue weighted by molar-refractivity contribution is -0.136. The molecule has 6 nitrogen and oxygen atoms in total. The van der Waals surface area contributed by atoms with Gasteiger partial charge in [0.2, 0.25) is 0 Å². The van der Waals surface area contributed by atoms with Crippen LogP contribution in [0.15, 0.2) is 35.5 Å². The topological polar surface area (TPSA) is 70.7 Å². The Bertz CT molecular complexity index is 704. The molecule has 1 aromatic carbocycles. The van der Waals surface area contributed by atoms with Crippen molar-refractivity contribution in [2.24, 2.45) is 5.92 Å². The van der Waals surface area contributed by atoms with Gasteiger partial charge in [0.05, 0.1) is 18.7 Å². The van der Waals surface area contributed by atoms with E-state index in [4.69, 9.17) is 4.74 Å². The number of carbonyl (C=O) groups excluding carboxylic acids is 2. The zero-order chi connectivity index (χ0) is 18.7. The number of nitrogens with one attached hydrogen (secondary N) is 2. The van der Waals surface area contributed by atoms with E-state index in [0.717, 1.165) is 24.6 Å². The van der Waals surface area contributed by atoms with Gasteiger partial charge >= 0.3 is 12.0 Å². The lowest BCUT2D eigenvalue weighted by Crippen LogP contribution is -2.45. The summed E-state index contributed by atoms with van der Waals surface area (Å²) in [7, 11) is 1.36. The quantitative estimate of drug-likeness (QED) is 0.813. The highest BCUT2D eigenvalue weighted by atomic mass is 16.5. The predicted octanol–water partition coefficient (Wildman–Crippen LogP) is 3.11. The van der Waals surface area contributed by atoms with Crippen LogP contribution in [0.5, 0.6) is 0 Å². The number of methoxy groups -OCH3 is 1. The molecule has 2 aliphatic heterocycles. The summed E-state index contributed by atoms with van der Waals surface area (Å²) in [6.45, 7) is 6.34. The number of esters is 1. The summed E-state index contributed by atoms with van der Waals surface area (Å²) in [5.41, 5.74) is 3.13. The molecule has 1 fully saturated rings. The van der Waals surface area contributed by atoms with E-state index in [1.54, 1.807) is 0 Å². The summed E-state index contributed by atoms with van der Waals surface area (Å²) in [5.74, 6) is 0.365. The molecule has 0 saturated carbocycles. The van der Waals surface area contributed by atoms with E-state index in [1.165, 1.54) is 25.6 Å². The number of benzene rings is 1. The number of rotatable bonds is 4. The number of ether oxygens (including phenoxy) is 1. The lowest BCUT2D eigenvalue weighted by atomic mass is 9.94. The van der Waals surface area contributed by atoms with Crippen molar-refractivity contribution in [2.75, 3.05) is 25.1 Å². The first-order chi connectivity index (χ1) is 12.5. The highest BCUT2D eigenvalue weighted by Crippen LogP contribution is 2.30. The Morgan fingerprint density at radius 2 is 1.88 bits per heavy atom. The minimum absolute atomic E-state index is 0.298. The van der Waals surface area contributed by atoms with E-state index < -0.39 is 12.0 Å². The first-order valence-electron chi connectivity index (χ1n) is 9.27. The van der Waals surface area contributed by atoms with E-state index in [-0.39, 0.29) is 6.03 Å². The molecule has 2 amide bonds. The molecule has 0 spiro atoms. The van der Waals surface area contributed by atoms with Gasteiger partial charge in [0, 0.05) is 24.5 Å². The lowest BCUT2D eigenvalue weighted by Gasteiger charge is -2.33. The number of anilines is 1. The number of urea groups is 1. The van der Waals surface area contributed by atoms with Gasteiger partial charge in [-0.05, 0) is 42.9 Å². The Morgan fingerprint density at radius 3 is 2.46 bits per heavy atom. The van der Waals surface area contributed by atoms with Crippen LogP contribution in [0.25, 0.3) is 0 Å². The fourth-order valence-corrected chi connectivity index (χ4v) is 3.64. The third kappa shape index (κ3) is 3.69. The van der Waals surface area contributed by atoms with Crippen LogP contribution in [0, 0.1) is 5.92 Å². The zero-order valence-electron chi connectivity index (χ0n) is 15.7. The molecule has 1 aromatic rings. The minimum Gasteiger partial charge on any atom is -0.466 e. The molecule has 2 N–H and O–H groups in total. The van der Waals surface area contributed by atoms with E-state index >= 15 is 0 Å². The second kappa shape index (κ2) is 7.81. The molecule has 0 aliphatic carbocycles. The molecule has 2 aliphatic rings. The Kier molecular flexibility index (Phi) is 5.49. The van der Waals surface area contributed by atoms with Crippen molar-refractivity contribution in [3.63, 3.8) is 0 Å². The average Bonchev–Trinajstić information content (AvgIpc) is 2.67. The number of allylic oxidation sites excluding steroid dienone is 1. The monoisotopic (exact) mass is 357 g/mol. The van der Waals surface area contributed by atoms with Gasteiger partial charge in [-0.3, -0.25) is 0 Å². The van der Waals surface area contributed by atoms with Crippen LogP contribution in [-0.4, -0.2) is 32.2 Å². The summed E-state index contributed by atoms with van der Waals surface area (Å²) in [4.78, 5) is 26.7. The highest BCUT2D eigenvalue weighted by molar-refractivity contribution is 5.95. The summed E-state index contributed by atoms with van der Waals surface area (Å²) in [6.07, 6.45) is 2.97. The molecule has 1 atom stereocenters. The van der Waals surface area contributed by atoms with Crippen molar-refractivity contribution in [1.29, 1.82) is 0 Å². The molecule has 140 valence electrons. The van der Waals surface area contributed by atoms with E-state index in [0.29, 0.717) is 17.7 Å². The van der Waals surface area contributed by atoms with E-state index in [1.807, 2.05) is 19.1 Å². The number of hydrogen-bond acceptors (Lipinski definition) is 4. The molecule has 1 unspecified atom stereocenters. The molecule has 26 heavy (non-hydrogen) atoms. The van der Waals surface area contributed by atoms with Gasteiger partial charge in [-0.2, -0.15) is 0 Å². The second-order valence-electron chi connectivity index (χ2n) is 7.03. The second-order valence-corrected chi connectivity index (χ2v) is 7.03. The zero-order valence-corrected chi connectivity index (χ0v) is 15.7. The molecule has 0 radical (unpaired) electrons. The smallest absolute Gasteiger partial charge is 0.337 e. The van der Waals surface area contributed by atoms with Crippen LogP contribution in [0.2, 0.25) is 0 Å². The summed E-state index contributed by atoms with van der Waals surface area (Å²) >= 11 is 0. The summed E-state index contributed by atoms with van der Waals surface area (Å²) in [6, 6.07) is 7.31. The third-order valence-electron chi connectivity index (χ3n) is 5.29. The van der Waals surface area contributed by atoms with Gasteiger partial charge in [-0.1, -0.05) is 26.0 Å². The molecular weight excluding hydrogens is 330 g/mol. The van der Waals surface area contributed by atoms with Crippen molar-refractivity contribution in [3.8, 4) is 0 Å². The fraction of sp³-hybridized carbons (Fsp3) is 0.500.